The van der Waals surface area contributed by atoms with Crippen molar-refractivity contribution in [1.29, 1.82) is 0 Å². The molecule has 0 unspecified atom stereocenters. The highest BCUT2D eigenvalue weighted by Crippen LogP contribution is 2.25. The zero-order valence-electron chi connectivity index (χ0n) is 11.8. The molecule has 3 N–H and O–H groups in total. The molecule has 2 rings (SSSR count). The first-order valence-electron chi connectivity index (χ1n) is 6.41. The maximum atomic E-state index is 12.3. The molecule has 6 nitrogen and oxygen atoms in total. The van der Waals surface area contributed by atoms with E-state index in [9.17, 15) is 8.42 Å². The molecule has 21 heavy (non-hydrogen) atoms. The molecule has 0 spiro atoms. The van der Waals surface area contributed by atoms with Gasteiger partial charge in [-0.05, 0) is 49.7 Å². The molecule has 0 amide bonds. The molecule has 1 aromatic carbocycles. The van der Waals surface area contributed by atoms with Crippen molar-refractivity contribution in [3.8, 4) is 5.75 Å². The molecule has 0 saturated heterocycles. The molecule has 0 atom stereocenters. The third-order valence-corrected chi connectivity index (χ3v) is 4.26. The molecule has 0 fully saturated rings. The topological polar surface area (TPSA) is 94.3 Å². The molecular weight excluding hydrogens is 290 g/mol. The van der Waals surface area contributed by atoms with Crippen molar-refractivity contribution in [2.75, 3.05) is 17.1 Å². The van der Waals surface area contributed by atoms with Gasteiger partial charge in [0.15, 0.2) is 0 Å². The quantitative estimate of drug-likeness (QED) is 0.883. The lowest BCUT2D eigenvalue weighted by Crippen LogP contribution is -2.16. The van der Waals surface area contributed by atoms with E-state index < -0.39 is 10.0 Å². The van der Waals surface area contributed by atoms with E-state index in [2.05, 4.69) is 9.71 Å². The Hall–Kier alpha value is -2.28. The number of ether oxygens (including phenoxy) is 1. The van der Waals surface area contributed by atoms with Crippen LogP contribution < -0.4 is 15.2 Å². The molecule has 2 aromatic rings. The van der Waals surface area contributed by atoms with Crippen LogP contribution in [0.25, 0.3) is 0 Å². The zero-order valence-corrected chi connectivity index (χ0v) is 12.6. The molecule has 0 aliphatic heterocycles. The maximum Gasteiger partial charge on any atom is 0.265 e. The molecule has 0 aliphatic carbocycles. The van der Waals surface area contributed by atoms with E-state index in [1.807, 2.05) is 6.92 Å². The van der Waals surface area contributed by atoms with Crippen LogP contribution >= 0.6 is 0 Å². The minimum absolute atomic E-state index is 0.0337. The van der Waals surface area contributed by atoms with Gasteiger partial charge in [0.25, 0.3) is 10.0 Å². The monoisotopic (exact) mass is 307 g/mol. The van der Waals surface area contributed by atoms with E-state index in [0.29, 0.717) is 18.0 Å². The van der Waals surface area contributed by atoms with E-state index in [1.54, 1.807) is 25.1 Å². The standard InChI is InChI=1S/C14H17N3O3S/c1-3-20-11-6-7-12(10(2)9-11)17-21(18,19)13-5-4-8-16-14(13)15/h4-9,17H,3H2,1-2H3,(H2,15,16). The Morgan fingerprint density at radius 1 is 1.33 bits per heavy atom. The van der Waals surface area contributed by atoms with Crippen LogP contribution in [0.5, 0.6) is 5.75 Å². The van der Waals surface area contributed by atoms with Crippen LogP contribution in [0.1, 0.15) is 12.5 Å². The fourth-order valence-corrected chi connectivity index (χ4v) is 3.05. The normalized spacial score (nSPS) is 11.1. The number of rotatable bonds is 5. The minimum atomic E-state index is -3.77. The van der Waals surface area contributed by atoms with Gasteiger partial charge < -0.3 is 10.5 Å². The van der Waals surface area contributed by atoms with Gasteiger partial charge in [0, 0.05) is 6.20 Å². The van der Waals surface area contributed by atoms with E-state index in [4.69, 9.17) is 10.5 Å². The summed E-state index contributed by atoms with van der Waals surface area (Å²) in [5, 5.41) is 0. The summed E-state index contributed by atoms with van der Waals surface area (Å²) in [5.74, 6) is 0.660. The van der Waals surface area contributed by atoms with Crippen molar-refractivity contribution in [1.82, 2.24) is 4.98 Å². The fraction of sp³-hybridized carbons (Fsp3) is 0.214. The highest BCUT2D eigenvalue weighted by atomic mass is 32.2. The number of hydrogen-bond donors (Lipinski definition) is 2. The van der Waals surface area contributed by atoms with Gasteiger partial charge in [-0.25, -0.2) is 13.4 Å². The number of sulfonamides is 1. The first-order valence-corrected chi connectivity index (χ1v) is 7.89. The summed E-state index contributed by atoms with van der Waals surface area (Å²) in [7, 11) is -3.77. The van der Waals surface area contributed by atoms with Gasteiger partial charge in [0.05, 0.1) is 12.3 Å². The second-order valence-corrected chi connectivity index (χ2v) is 6.05. The first kappa shape index (κ1) is 15.1. The predicted octanol–water partition coefficient (Wildman–Crippen LogP) is 2.17. The SMILES string of the molecule is CCOc1ccc(NS(=O)(=O)c2cccnc2N)c(C)c1. The Labute approximate surface area is 124 Å². The fourth-order valence-electron chi connectivity index (χ4n) is 1.84. The van der Waals surface area contributed by atoms with Crippen molar-refractivity contribution < 1.29 is 13.2 Å². The minimum Gasteiger partial charge on any atom is -0.494 e. The summed E-state index contributed by atoms with van der Waals surface area (Å²) in [5.41, 5.74) is 6.84. The van der Waals surface area contributed by atoms with E-state index in [1.165, 1.54) is 18.3 Å². The number of nitrogens with zero attached hydrogens (tertiary/aromatic N) is 1. The number of pyridine rings is 1. The number of nitrogen functional groups attached to an aromatic ring is 1. The average Bonchev–Trinajstić information content (AvgIpc) is 2.42. The van der Waals surface area contributed by atoms with Gasteiger partial charge in [-0.1, -0.05) is 0 Å². The third kappa shape index (κ3) is 3.43. The van der Waals surface area contributed by atoms with Crippen LogP contribution in [0, 0.1) is 6.92 Å². The van der Waals surface area contributed by atoms with Crippen LogP contribution in [0.2, 0.25) is 0 Å². The number of hydrogen-bond acceptors (Lipinski definition) is 5. The lowest BCUT2D eigenvalue weighted by atomic mass is 10.2. The Morgan fingerprint density at radius 3 is 2.71 bits per heavy atom. The molecular formula is C14H17N3O3S. The highest BCUT2D eigenvalue weighted by Gasteiger charge is 2.18. The summed E-state index contributed by atoms with van der Waals surface area (Å²) >= 11 is 0. The number of anilines is 2. The average molecular weight is 307 g/mol. The second kappa shape index (κ2) is 6.01. The van der Waals surface area contributed by atoms with Crippen molar-refractivity contribution in [3.05, 3.63) is 42.1 Å². The van der Waals surface area contributed by atoms with E-state index in [-0.39, 0.29) is 10.7 Å². The summed E-state index contributed by atoms with van der Waals surface area (Å²) in [6.07, 6.45) is 1.44. The summed E-state index contributed by atoms with van der Waals surface area (Å²) in [6.45, 7) is 4.24. The van der Waals surface area contributed by atoms with Crippen LogP contribution in [0.4, 0.5) is 11.5 Å². The van der Waals surface area contributed by atoms with E-state index >= 15 is 0 Å². The van der Waals surface area contributed by atoms with Crippen molar-refractivity contribution >= 4 is 21.5 Å². The predicted molar refractivity (Wildman–Crippen MR) is 81.8 cm³/mol. The molecule has 0 saturated carbocycles. The largest absolute Gasteiger partial charge is 0.494 e. The van der Waals surface area contributed by atoms with Crippen LogP contribution in [0.3, 0.4) is 0 Å². The molecule has 0 bridgehead atoms. The Kier molecular flexibility index (Phi) is 4.32. The van der Waals surface area contributed by atoms with Crippen molar-refractivity contribution in [2.45, 2.75) is 18.7 Å². The third-order valence-electron chi connectivity index (χ3n) is 2.84. The van der Waals surface area contributed by atoms with Gasteiger partial charge in [-0.15, -0.1) is 0 Å². The Balaban J connectivity index is 2.31. The van der Waals surface area contributed by atoms with Crippen LogP contribution in [-0.2, 0) is 10.0 Å². The number of nitrogens with two attached hydrogens (primary N) is 1. The Bertz CT molecular complexity index is 745. The zero-order chi connectivity index (χ0) is 15.5. The first-order chi connectivity index (χ1) is 9.94. The molecule has 112 valence electrons. The van der Waals surface area contributed by atoms with E-state index in [0.717, 1.165) is 5.56 Å². The summed E-state index contributed by atoms with van der Waals surface area (Å²) in [4.78, 5) is 3.74. The number of aryl methyl sites for hydroxylation is 1. The van der Waals surface area contributed by atoms with Gasteiger partial charge in [0.2, 0.25) is 0 Å². The maximum absolute atomic E-state index is 12.3. The second-order valence-electron chi connectivity index (χ2n) is 4.40. The Morgan fingerprint density at radius 2 is 2.10 bits per heavy atom. The highest BCUT2D eigenvalue weighted by molar-refractivity contribution is 7.92. The van der Waals surface area contributed by atoms with Gasteiger partial charge in [-0.3, -0.25) is 4.72 Å². The van der Waals surface area contributed by atoms with Gasteiger partial charge >= 0.3 is 0 Å². The van der Waals surface area contributed by atoms with Crippen molar-refractivity contribution in [3.63, 3.8) is 0 Å². The summed E-state index contributed by atoms with van der Waals surface area (Å²) < 4.78 is 32.5. The number of aromatic nitrogens is 1. The van der Waals surface area contributed by atoms with Gasteiger partial charge in [-0.2, -0.15) is 0 Å². The molecule has 1 aromatic heterocycles. The number of nitrogens with one attached hydrogen (secondary N) is 1. The summed E-state index contributed by atoms with van der Waals surface area (Å²) in [6, 6.07) is 8.07. The lowest BCUT2D eigenvalue weighted by Gasteiger charge is -2.12. The smallest absolute Gasteiger partial charge is 0.265 e. The van der Waals surface area contributed by atoms with Crippen LogP contribution in [0.15, 0.2) is 41.4 Å². The molecule has 0 radical (unpaired) electrons. The number of benzene rings is 1. The van der Waals surface area contributed by atoms with Crippen molar-refractivity contribution in [2.24, 2.45) is 0 Å². The molecule has 7 heteroatoms. The molecule has 0 aliphatic rings. The van der Waals surface area contributed by atoms with Gasteiger partial charge in [0.1, 0.15) is 16.5 Å². The van der Waals surface area contributed by atoms with Crippen LogP contribution in [-0.4, -0.2) is 20.0 Å². The molecule has 1 heterocycles. The lowest BCUT2D eigenvalue weighted by molar-refractivity contribution is 0.340.